The molecule has 1 aromatic rings. The molecule has 6 heteroatoms. The predicted molar refractivity (Wildman–Crippen MR) is 94.9 cm³/mol. The maximum atomic E-state index is 5.87. The molecule has 0 spiro atoms. The largest absolute Gasteiger partial charge is 0.330 e. The molecule has 1 aliphatic carbocycles. The normalized spacial score (nSPS) is 26.6. The summed E-state index contributed by atoms with van der Waals surface area (Å²) in [6, 6.07) is 0. The van der Waals surface area contributed by atoms with Gasteiger partial charge in [-0.15, -0.1) is 36.2 Å². The van der Waals surface area contributed by atoms with E-state index in [1.807, 2.05) is 11.3 Å². The number of nitrogens with two attached hydrogens (primary N) is 1. The average Bonchev–Trinajstić information content (AvgIpc) is 3.11. The van der Waals surface area contributed by atoms with E-state index in [1.54, 1.807) is 0 Å². The third-order valence-electron chi connectivity index (χ3n) is 4.79. The van der Waals surface area contributed by atoms with Crippen molar-refractivity contribution in [3.05, 3.63) is 16.1 Å². The summed E-state index contributed by atoms with van der Waals surface area (Å²) in [6.07, 6.45) is 6.70. The van der Waals surface area contributed by atoms with E-state index in [1.165, 1.54) is 49.4 Å². The molecule has 0 radical (unpaired) electrons. The van der Waals surface area contributed by atoms with Crippen molar-refractivity contribution in [2.75, 3.05) is 19.6 Å². The fourth-order valence-electron chi connectivity index (χ4n) is 3.41. The van der Waals surface area contributed by atoms with E-state index < -0.39 is 0 Å². The van der Waals surface area contributed by atoms with Crippen molar-refractivity contribution in [2.45, 2.75) is 51.5 Å². The first kappa shape index (κ1) is 19.2. The van der Waals surface area contributed by atoms with Crippen LogP contribution in [0.25, 0.3) is 0 Å². The molecule has 1 saturated carbocycles. The van der Waals surface area contributed by atoms with E-state index in [9.17, 15) is 0 Å². The van der Waals surface area contributed by atoms with Crippen LogP contribution in [0.2, 0.25) is 0 Å². The maximum absolute atomic E-state index is 5.87. The Bertz CT molecular complexity index is 434. The van der Waals surface area contributed by atoms with E-state index in [0.717, 1.165) is 25.6 Å². The summed E-state index contributed by atoms with van der Waals surface area (Å²) in [5.74, 6) is 0.756. The van der Waals surface area contributed by atoms with Gasteiger partial charge in [0, 0.05) is 24.4 Å². The van der Waals surface area contributed by atoms with Crippen molar-refractivity contribution in [2.24, 2.45) is 11.1 Å². The highest BCUT2D eigenvalue weighted by atomic mass is 35.5. The minimum Gasteiger partial charge on any atom is -0.330 e. The first-order valence-corrected chi connectivity index (χ1v) is 8.43. The Morgan fingerprint density at radius 3 is 2.71 bits per heavy atom. The third-order valence-corrected chi connectivity index (χ3v) is 5.85. The highest BCUT2D eigenvalue weighted by molar-refractivity contribution is 7.09. The summed E-state index contributed by atoms with van der Waals surface area (Å²) >= 11 is 1.87. The van der Waals surface area contributed by atoms with Gasteiger partial charge in [-0.2, -0.15) is 0 Å². The average molecular weight is 352 g/mol. The smallest absolute Gasteiger partial charge is 0.0959 e. The monoisotopic (exact) mass is 351 g/mol. The number of hydrogen-bond donors (Lipinski definition) is 1. The van der Waals surface area contributed by atoms with Crippen molar-refractivity contribution >= 4 is 36.2 Å². The molecule has 3 rings (SSSR count). The zero-order valence-corrected chi connectivity index (χ0v) is 15.2. The van der Waals surface area contributed by atoms with Crippen LogP contribution >= 0.6 is 36.2 Å². The molecule has 2 N–H and O–H groups in total. The molecule has 1 unspecified atom stereocenters. The van der Waals surface area contributed by atoms with Crippen LogP contribution in [-0.2, 0) is 6.54 Å². The SMILES string of the molecule is CC1(CN)CCN(Cc2csc(C3CCCC3)n2)C1.Cl.Cl. The standard InChI is InChI=1S/C15H25N3S.2ClH/c1-15(10-16)6-7-18(11-15)8-13-9-19-14(17-13)12-4-2-3-5-12;;/h9,12H,2-8,10-11,16H2,1H3;2*1H. The van der Waals surface area contributed by atoms with Crippen LogP contribution in [0.1, 0.15) is 55.6 Å². The van der Waals surface area contributed by atoms with Crippen molar-refractivity contribution in [1.29, 1.82) is 0 Å². The second-order valence-electron chi connectivity index (χ2n) is 6.63. The fourth-order valence-corrected chi connectivity index (χ4v) is 4.39. The topological polar surface area (TPSA) is 42.1 Å². The lowest BCUT2D eigenvalue weighted by molar-refractivity contribution is 0.272. The van der Waals surface area contributed by atoms with Crippen molar-refractivity contribution < 1.29 is 0 Å². The van der Waals surface area contributed by atoms with Gasteiger partial charge in [0.1, 0.15) is 0 Å². The Labute approximate surface area is 144 Å². The van der Waals surface area contributed by atoms with Gasteiger partial charge in [0.25, 0.3) is 0 Å². The van der Waals surface area contributed by atoms with Crippen molar-refractivity contribution in [1.82, 2.24) is 9.88 Å². The molecule has 122 valence electrons. The van der Waals surface area contributed by atoms with Crippen LogP contribution in [0, 0.1) is 5.41 Å². The minimum atomic E-state index is 0. The molecule has 3 nitrogen and oxygen atoms in total. The first-order chi connectivity index (χ1) is 9.18. The van der Waals surface area contributed by atoms with Gasteiger partial charge in [-0.1, -0.05) is 19.8 Å². The molecule has 0 bridgehead atoms. The molecule has 0 aromatic carbocycles. The molecule has 2 fully saturated rings. The Kier molecular flexibility index (Phi) is 7.41. The number of nitrogens with zero attached hydrogens (tertiary/aromatic N) is 2. The summed E-state index contributed by atoms with van der Waals surface area (Å²) in [7, 11) is 0. The lowest BCUT2D eigenvalue weighted by atomic mass is 9.90. The van der Waals surface area contributed by atoms with Crippen LogP contribution < -0.4 is 5.73 Å². The first-order valence-electron chi connectivity index (χ1n) is 7.55. The van der Waals surface area contributed by atoms with Crippen molar-refractivity contribution in [3.8, 4) is 0 Å². The van der Waals surface area contributed by atoms with Crippen LogP contribution in [0.15, 0.2) is 5.38 Å². The Hall–Kier alpha value is 0.130. The van der Waals surface area contributed by atoms with Crippen LogP contribution in [0.3, 0.4) is 0 Å². The summed E-state index contributed by atoms with van der Waals surface area (Å²) in [5.41, 5.74) is 7.47. The van der Waals surface area contributed by atoms with E-state index >= 15 is 0 Å². The molecule has 1 saturated heterocycles. The molecule has 21 heavy (non-hydrogen) atoms. The van der Waals surface area contributed by atoms with Gasteiger partial charge in [0.2, 0.25) is 0 Å². The second-order valence-corrected chi connectivity index (χ2v) is 7.52. The summed E-state index contributed by atoms with van der Waals surface area (Å²) in [4.78, 5) is 7.39. The van der Waals surface area contributed by atoms with E-state index in [-0.39, 0.29) is 24.8 Å². The van der Waals surface area contributed by atoms with Gasteiger partial charge in [-0.3, -0.25) is 4.90 Å². The number of rotatable bonds is 4. The maximum Gasteiger partial charge on any atom is 0.0959 e. The van der Waals surface area contributed by atoms with Crippen LogP contribution in [-0.4, -0.2) is 29.5 Å². The Morgan fingerprint density at radius 1 is 1.38 bits per heavy atom. The van der Waals surface area contributed by atoms with Crippen LogP contribution in [0.4, 0.5) is 0 Å². The van der Waals surface area contributed by atoms with Gasteiger partial charge < -0.3 is 5.73 Å². The zero-order valence-electron chi connectivity index (χ0n) is 12.7. The van der Waals surface area contributed by atoms with Crippen LogP contribution in [0.5, 0.6) is 0 Å². The van der Waals surface area contributed by atoms with Gasteiger partial charge >= 0.3 is 0 Å². The number of likely N-dealkylation sites (tertiary alicyclic amines) is 1. The third kappa shape index (κ3) is 4.55. The molecular formula is C15H27Cl2N3S. The number of thiazole rings is 1. The van der Waals surface area contributed by atoms with E-state index in [2.05, 4.69) is 17.2 Å². The number of halogens is 2. The molecule has 1 aliphatic heterocycles. The van der Waals surface area contributed by atoms with Gasteiger partial charge in [-0.05, 0) is 37.8 Å². The second kappa shape index (κ2) is 8.11. The van der Waals surface area contributed by atoms with E-state index in [0.29, 0.717) is 5.41 Å². The minimum absolute atomic E-state index is 0. The Morgan fingerprint density at radius 2 is 2.10 bits per heavy atom. The van der Waals surface area contributed by atoms with Crippen molar-refractivity contribution in [3.63, 3.8) is 0 Å². The lowest BCUT2D eigenvalue weighted by Gasteiger charge is -2.22. The lowest BCUT2D eigenvalue weighted by Crippen LogP contribution is -2.31. The number of aromatic nitrogens is 1. The molecular weight excluding hydrogens is 325 g/mol. The van der Waals surface area contributed by atoms with E-state index in [4.69, 9.17) is 10.7 Å². The van der Waals surface area contributed by atoms with Gasteiger partial charge in [0.15, 0.2) is 0 Å². The summed E-state index contributed by atoms with van der Waals surface area (Å²) in [5, 5.41) is 3.65. The fraction of sp³-hybridized carbons (Fsp3) is 0.800. The summed E-state index contributed by atoms with van der Waals surface area (Å²) < 4.78 is 0. The molecule has 2 heterocycles. The van der Waals surface area contributed by atoms with Gasteiger partial charge in [-0.25, -0.2) is 4.98 Å². The highest BCUT2D eigenvalue weighted by Gasteiger charge is 2.32. The molecule has 2 aliphatic rings. The molecule has 0 amide bonds. The van der Waals surface area contributed by atoms with Gasteiger partial charge in [0.05, 0.1) is 10.7 Å². The molecule has 1 aromatic heterocycles. The number of hydrogen-bond acceptors (Lipinski definition) is 4. The Balaban J connectivity index is 0.00000110. The zero-order chi connectivity index (χ0) is 13.3. The molecule has 1 atom stereocenters. The predicted octanol–water partition coefficient (Wildman–Crippen LogP) is 3.82. The quantitative estimate of drug-likeness (QED) is 0.896. The summed E-state index contributed by atoms with van der Waals surface area (Å²) in [6.45, 7) is 6.41. The highest BCUT2D eigenvalue weighted by Crippen LogP contribution is 2.36.